The molecule has 1 aliphatic carbocycles. The van der Waals surface area contributed by atoms with Crippen molar-refractivity contribution in [2.24, 2.45) is 0 Å². The Kier molecular flexibility index (Phi) is 11.1. The number of rotatable bonds is 16. The first-order chi connectivity index (χ1) is 19.9. The zero-order chi connectivity index (χ0) is 29.1. The Hall–Kier alpha value is -3.53. The van der Waals surface area contributed by atoms with Gasteiger partial charge in [-0.25, -0.2) is 13.1 Å². The first-order valence-corrected chi connectivity index (χ1v) is 15.7. The van der Waals surface area contributed by atoms with Gasteiger partial charge in [0.1, 0.15) is 6.04 Å². The fourth-order valence-corrected chi connectivity index (χ4v) is 5.86. The van der Waals surface area contributed by atoms with Crippen molar-refractivity contribution in [2.45, 2.75) is 62.6 Å². The van der Waals surface area contributed by atoms with E-state index in [0.29, 0.717) is 32.6 Å². The van der Waals surface area contributed by atoms with E-state index in [1.165, 1.54) is 0 Å². The summed E-state index contributed by atoms with van der Waals surface area (Å²) in [6.07, 6.45) is 3.00. The molecule has 1 aliphatic rings. The van der Waals surface area contributed by atoms with Crippen LogP contribution in [0.2, 0.25) is 0 Å². The van der Waals surface area contributed by atoms with Gasteiger partial charge in [-0.1, -0.05) is 72.8 Å². The van der Waals surface area contributed by atoms with Crippen LogP contribution in [0.4, 0.5) is 0 Å². The highest BCUT2D eigenvalue weighted by Gasteiger charge is 2.31. The molecule has 0 radical (unpaired) electrons. The molecule has 0 unspecified atom stereocenters. The van der Waals surface area contributed by atoms with Gasteiger partial charge in [0.25, 0.3) is 0 Å². The maximum atomic E-state index is 13.8. The molecule has 3 aromatic carbocycles. The van der Waals surface area contributed by atoms with Gasteiger partial charge in [0.05, 0.1) is 4.90 Å². The zero-order valence-electron chi connectivity index (χ0n) is 23.5. The van der Waals surface area contributed by atoms with Crippen LogP contribution in [0.25, 0.3) is 0 Å². The van der Waals surface area contributed by atoms with E-state index < -0.39 is 16.1 Å². The molecule has 1 saturated carbocycles. The minimum Gasteiger partial charge on any atom is -0.382 e. The van der Waals surface area contributed by atoms with Crippen LogP contribution in [0.1, 0.15) is 55.3 Å². The van der Waals surface area contributed by atoms with Crippen LogP contribution >= 0.6 is 0 Å². The summed E-state index contributed by atoms with van der Waals surface area (Å²) < 4.78 is 33.1. The molecule has 8 nitrogen and oxygen atoms in total. The number of amides is 2. The van der Waals surface area contributed by atoms with E-state index in [1.807, 2.05) is 67.6 Å². The second-order valence-electron chi connectivity index (χ2n) is 10.2. The first kappa shape index (κ1) is 30.4. The van der Waals surface area contributed by atoms with Crippen molar-refractivity contribution in [1.29, 1.82) is 0 Å². The van der Waals surface area contributed by atoms with Gasteiger partial charge in [0.15, 0.2) is 0 Å². The van der Waals surface area contributed by atoms with Crippen LogP contribution in [0.3, 0.4) is 0 Å². The number of aryl methyl sites for hydroxylation is 1. The number of nitrogens with one attached hydrogen (secondary N) is 2. The molecule has 0 bridgehead atoms. The van der Waals surface area contributed by atoms with Crippen molar-refractivity contribution in [3.8, 4) is 0 Å². The molecule has 0 aromatic heterocycles. The fourth-order valence-electron chi connectivity index (χ4n) is 4.56. The van der Waals surface area contributed by atoms with E-state index in [2.05, 4.69) is 10.0 Å². The molecule has 1 atom stereocenters. The predicted octanol–water partition coefficient (Wildman–Crippen LogP) is 4.37. The van der Waals surface area contributed by atoms with Crippen LogP contribution in [0.5, 0.6) is 0 Å². The number of hydrogen-bond donors (Lipinski definition) is 2. The molecule has 0 spiro atoms. The molecule has 3 aromatic rings. The van der Waals surface area contributed by atoms with Gasteiger partial charge in [-0.05, 0) is 61.4 Å². The van der Waals surface area contributed by atoms with Crippen molar-refractivity contribution in [2.75, 3.05) is 19.8 Å². The minimum absolute atomic E-state index is 0.0346. The van der Waals surface area contributed by atoms with E-state index in [4.69, 9.17) is 4.74 Å². The largest absolute Gasteiger partial charge is 0.382 e. The van der Waals surface area contributed by atoms with Gasteiger partial charge in [0, 0.05) is 38.8 Å². The topological polar surface area (TPSA) is 105 Å². The Morgan fingerprint density at radius 2 is 1.59 bits per heavy atom. The lowest BCUT2D eigenvalue weighted by Gasteiger charge is -2.32. The zero-order valence-corrected chi connectivity index (χ0v) is 24.3. The Bertz CT molecular complexity index is 1360. The summed E-state index contributed by atoms with van der Waals surface area (Å²) in [7, 11) is -3.54. The Morgan fingerprint density at radius 3 is 2.22 bits per heavy atom. The molecule has 218 valence electrons. The lowest BCUT2D eigenvalue weighted by Crippen LogP contribution is -2.43. The first-order valence-electron chi connectivity index (χ1n) is 14.2. The lowest BCUT2D eigenvalue weighted by molar-refractivity contribution is -0.141. The highest BCUT2D eigenvalue weighted by atomic mass is 32.2. The SMILES string of the molecule is CCOCCCNC(=O)[C@H](c1ccccc1)N(Cc1ccccc1)C(=O)CCc1ccc(S(=O)(=O)NC2CC2)cc1. The van der Waals surface area contributed by atoms with Gasteiger partial charge in [0.2, 0.25) is 21.8 Å². The summed E-state index contributed by atoms with van der Waals surface area (Å²) in [4.78, 5) is 29.3. The smallest absolute Gasteiger partial charge is 0.247 e. The molecule has 2 N–H and O–H groups in total. The van der Waals surface area contributed by atoms with E-state index in [1.54, 1.807) is 29.2 Å². The Balaban J connectivity index is 1.51. The average Bonchev–Trinajstić information content (AvgIpc) is 3.80. The molecule has 0 aliphatic heterocycles. The number of nitrogens with zero attached hydrogens (tertiary/aromatic N) is 1. The fraction of sp³-hybridized carbons (Fsp3) is 0.375. The third-order valence-corrected chi connectivity index (χ3v) is 8.46. The van der Waals surface area contributed by atoms with Crippen molar-refractivity contribution in [3.05, 3.63) is 102 Å². The Labute approximate surface area is 243 Å². The highest BCUT2D eigenvalue weighted by molar-refractivity contribution is 7.89. The van der Waals surface area contributed by atoms with E-state index >= 15 is 0 Å². The quantitative estimate of drug-likeness (QED) is 0.246. The summed E-state index contributed by atoms with van der Waals surface area (Å²) in [6.45, 7) is 3.82. The number of ether oxygens (including phenoxy) is 1. The number of carbonyl (C=O) groups is 2. The molecule has 2 amide bonds. The summed E-state index contributed by atoms with van der Waals surface area (Å²) in [5, 5.41) is 3.00. The van der Waals surface area contributed by atoms with E-state index in [-0.39, 0.29) is 35.7 Å². The predicted molar refractivity (Wildman–Crippen MR) is 158 cm³/mol. The molecule has 41 heavy (non-hydrogen) atoms. The molecule has 1 fully saturated rings. The lowest BCUT2D eigenvalue weighted by atomic mass is 10.0. The van der Waals surface area contributed by atoms with Gasteiger partial charge >= 0.3 is 0 Å². The average molecular weight is 578 g/mol. The van der Waals surface area contributed by atoms with Crippen molar-refractivity contribution < 1.29 is 22.7 Å². The van der Waals surface area contributed by atoms with Crippen LogP contribution in [-0.4, -0.2) is 50.9 Å². The van der Waals surface area contributed by atoms with Crippen molar-refractivity contribution in [3.63, 3.8) is 0 Å². The standard InChI is InChI=1S/C32H39N3O5S/c1-2-40-23-9-22-33-32(37)31(27-12-7-4-8-13-27)35(24-26-10-5-3-6-11-26)30(36)21-16-25-14-19-29(20-15-25)41(38,39)34-28-17-18-28/h3-8,10-15,19-20,28,31,34H,2,9,16-18,21-24H2,1H3,(H,33,37)/t31-/m0/s1. The van der Waals surface area contributed by atoms with Crippen molar-refractivity contribution >= 4 is 21.8 Å². The molecule has 9 heteroatoms. The number of sulfonamides is 1. The number of carbonyl (C=O) groups excluding carboxylic acids is 2. The van der Waals surface area contributed by atoms with Gasteiger partial charge in [-0.2, -0.15) is 0 Å². The summed E-state index contributed by atoms with van der Waals surface area (Å²) in [5.74, 6) is -0.408. The van der Waals surface area contributed by atoms with Crippen LogP contribution in [0.15, 0.2) is 89.8 Å². The van der Waals surface area contributed by atoms with Crippen LogP contribution < -0.4 is 10.0 Å². The van der Waals surface area contributed by atoms with Gasteiger partial charge in [-0.3, -0.25) is 9.59 Å². The summed E-state index contributed by atoms with van der Waals surface area (Å²) >= 11 is 0. The number of hydrogen-bond acceptors (Lipinski definition) is 5. The van der Waals surface area contributed by atoms with Crippen molar-refractivity contribution in [1.82, 2.24) is 14.9 Å². The second kappa shape index (κ2) is 14.9. The molecular formula is C32H39N3O5S. The third-order valence-electron chi connectivity index (χ3n) is 6.92. The van der Waals surface area contributed by atoms with Gasteiger partial charge in [-0.15, -0.1) is 0 Å². The van der Waals surface area contributed by atoms with Gasteiger partial charge < -0.3 is 15.0 Å². The van der Waals surface area contributed by atoms with E-state index in [0.717, 1.165) is 29.5 Å². The Morgan fingerprint density at radius 1 is 0.927 bits per heavy atom. The van der Waals surface area contributed by atoms with Crippen LogP contribution in [0, 0.1) is 0 Å². The molecule has 0 heterocycles. The molecule has 4 rings (SSSR count). The summed E-state index contributed by atoms with van der Waals surface area (Å²) in [6, 6.07) is 24.8. The normalized spacial score (nSPS) is 13.9. The molecule has 0 saturated heterocycles. The highest BCUT2D eigenvalue weighted by Crippen LogP contribution is 2.26. The number of benzene rings is 3. The summed E-state index contributed by atoms with van der Waals surface area (Å²) in [5.41, 5.74) is 2.50. The second-order valence-corrected chi connectivity index (χ2v) is 11.9. The van der Waals surface area contributed by atoms with Crippen LogP contribution in [-0.2, 0) is 37.3 Å². The monoisotopic (exact) mass is 577 g/mol. The molecular weight excluding hydrogens is 538 g/mol. The maximum Gasteiger partial charge on any atom is 0.247 e. The third kappa shape index (κ3) is 9.24. The maximum absolute atomic E-state index is 13.8. The minimum atomic E-state index is -3.54. The van der Waals surface area contributed by atoms with E-state index in [9.17, 15) is 18.0 Å².